The SMILES string of the molecule is CCOC(=O)CC(C)Nc1ccc(Br)c2ccccc12. The molecular formula is C16H18BrNO2. The first-order valence-electron chi connectivity index (χ1n) is 6.71. The number of carbonyl (C=O) groups is 1. The summed E-state index contributed by atoms with van der Waals surface area (Å²) < 4.78 is 6.04. The van der Waals surface area contributed by atoms with E-state index in [1.165, 1.54) is 0 Å². The third-order valence-corrected chi connectivity index (χ3v) is 3.74. The van der Waals surface area contributed by atoms with E-state index in [-0.39, 0.29) is 12.0 Å². The van der Waals surface area contributed by atoms with Crippen LogP contribution in [0.3, 0.4) is 0 Å². The lowest BCUT2D eigenvalue weighted by Gasteiger charge is -2.16. The van der Waals surface area contributed by atoms with Crippen LogP contribution in [-0.2, 0) is 9.53 Å². The van der Waals surface area contributed by atoms with Crippen molar-refractivity contribution in [1.82, 2.24) is 0 Å². The van der Waals surface area contributed by atoms with Gasteiger partial charge in [-0.15, -0.1) is 0 Å². The Bertz CT molecular complexity index is 612. The molecule has 4 heteroatoms. The Balaban J connectivity index is 2.18. The molecular weight excluding hydrogens is 318 g/mol. The Kier molecular flexibility index (Phi) is 5.01. The lowest BCUT2D eigenvalue weighted by Crippen LogP contribution is -2.21. The minimum absolute atomic E-state index is 0.0265. The van der Waals surface area contributed by atoms with Crippen molar-refractivity contribution in [1.29, 1.82) is 0 Å². The van der Waals surface area contributed by atoms with Crippen molar-refractivity contribution in [2.24, 2.45) is 0 Å². The van der Waals surface area contributed by atoms with E-state index in [2.05, 4.69) is 33.4 Å². The van der Waals surface area contributed by atoms with Crippen LogP contribution in [0.4, 0.5) is 5.69 Å². The predicted molar refractivity (Wildman–Crippen MR) is 86.0 cm³/mol. The molecule has 0 saturated heterocycles. The van der Waals surface area contributed by atoms with E-state index in [0.29, 0.717) is 13.0 Å². The van der Waals surface area contributed by atoms with Gasteiger partial charge < -0.3 is 10.1 Å². The van der Waals surface area contributed by atoms with Crippen LogP contribution in [0.2, 0.25) is 0 Å². The molecule has 106 valence electrons. The first-order valence-corrected chi connectivity index (χ1v) is 7.50. The molecule has 0 saturated carbocycles. The Morgan fingerprint density at radius 2 is 1.95 bits per heavy atom. The molecule has 20 heavy (non-hydrogen) atoms. The maximum absolute atomic E-state index is 11.5. The summed E-state index contributed by atoms with van der Waals surface area (Å²) >= 11 is 3.56. The molecule has 0 radical (unpaired) electrons. The van der Waals surface area contributed by atoms with Gasteiger partial charge in [0, 0.05) is 21.6 Å². The Hall–Kier alpha value is -1.55. The molecule has 2 aromatic carbocycles. The smallest absolute Gasteiger partial charge is 0.307 e. The summed E-state index contributed by atoms with van der Waals surface area (Å²) in [4.78, 5) is 11.5. The number of anilines is 1. The van der Waals surface area contributed by atoms with Gasteiger partial charge in [-0.2, -0.15) is 0 Å². The molecule has 0 spiro atoms. The Morgan fingerprint density at radius 1 is 1.25 bits per heavy atom. The second kappa shape index (κ2) is 6.75. The minimum Gasteiger partial charge on any atom is -0.466 e. The maximum atomic E-state index is 11.5. The highest BCUT2D eigenvalue weighted by molar-refractivity contribution is 9.10. The van der Waals surface area contributed by atoms with Gasteiger partial charge in [0.15, 0.2) is 0 Å². The molecule has 3 nitrogen and oxygen atoms in total. The second-order valence-electron chi connectivity index (χ2n) is 4.70. The molecule has 0 aliphatic carbocycles. The summed E-state index contributed by atoms with van der Waals surface area (Å²) in [6.45, 7) is 4.22. The molecule has 0 aliphatic heterocycles. The standard InChI is InChI=1S/C16H18BrNO2/c1-3-20-16(19)10-11(2)18-15-9-8-14(17)12-6-4-5-7-13(12)15/h4-9,11,18H,3,10H2,1-2H3. The minimum atomic E-state index is -0.172. The summed E-state index contributed by atoms with van der Waals surface area (Å²) in [7, 11) is 0. The van der Waals surface area contributed by atoms with Crippen molar-refractivity contribution < 1.29 is 9.53 Å². The number of benzene rings is 2. The van der Waals surface area contributed by atoms with Crippen LogP contribution in [0.5, 0.6) is 0 Å². The molecule has 0 fully saturated rings. The zero-order chi connectivity index (χ0) is 14.5. The number of hydrogen-bond donors (Lipinski definition) is 1. The number of halogens is 1. The zero-order valence-electron chi connectivity index (χ0n) is 11.7. The first kappa shape index (κ1) is 14.9. The van der Waals surface area contributed by atoms with Crippen LogP contribution in [0.1, 0.15) is 20.3 Å². The fraction of sp³-hybridized carbons (Fsp3) is 0.312. The highest BCUT2D eigenvalue weighted by atomic mass is 79.9. The number of esters is 1. The largest absolute Gasteiger partial charge is 0.466 e. The van der Waals surface area contributed by atoms with Crippen molar-refractivity contribution in [3.05, 3.63) is 40.9 Å². The van der Waals surface area contributed by atoms with Gasteiger partial charge in [-0.3, -0.25) is 4.79 Å². The van der Waals surface area contributed by atoms with Crippen LogP contribution in [0.15, 0.2) is 40.9 Å². The summed E-state index contributed by atoms with van der Waals surface area (Å²) in [5, 5.41) is 5.67. The van der Waals surface area contributed by atoms with E-state index in [4.69, 9.17) is 4.74 Å². The number of fused-ring (bicyclic) bond motifs is 1. The highest BCUT2D eigenvalue weighted by Crippen LogP contribution is 2.30. The molecule has 0 aliphatic rings. The number of hydrogen-bond acceptors (Lipinski definition) is 3. The summed E-state index contributed by atoms with van der Waals surface area (Å²) in [5.74, 6) is -0.172. The number of carbonyl (C=O) groups excluding carboxylic acids is 1. The van der Waals surface area contributed by atoms with E-state index in [1.807, 2.05) is 38.1 Å². The van der Waals surface area contributed by atoms with Crippen molar-refractivity contribution in [3.8, 4) is 0 Å². The maximum Gasteiger partial charge on any atom is 0.307 e. The first-order chi connectivity index (χ1) is 9.61. The monoisotopic (exact) mass is 335 g/mol. The van der Waals surface area contributed by atoms with E-state index in [1.54, 1.807) is 0 Å². The fourth-order valence-electron chi connectivity index (χ4n) is 2.17. The van der Waals surface area contributed by atoms with E-state index in [0.717, 1.165) is 20.9 Å². The van der Waals surface area contributed by atoms with Gasteiger partial charge in [0.05, 0.1) is 13.0 Å². The number of nitrogens with one attached hydrogen (secondary N) is 1. The predicted octanol–water partition coefficient (Wildman–Crippen LogP) is 4.36. The van der Waals surface area contributed by atoms with E-state index >= 15 is 0 Å². The van der Waals surface area contributed by atoms with Crippen LogP contribution in [0, 0.1) is 0 Å². The molecule has 1 atom stereocenters. The summed E-state index contributed by atoms with van der Waals surface area (Å²) in [5.41, 5.74) is 1.03. The molecule has 0 heterocycles. The summed E-state index contributed by atoms with van der Waals surface area (Å²) in [6, 6.07) is 12.2. The third kappa shape index (κ3) is 3.51. The average Bonchev–Trinajstić information content (AvgIpc) is 2.42. The van der Waals surface area contributed by atoms with E-state index in [9.17, 15) is 4.79 Å². The van der Waals surface area contributed by atoms with Crippen molar-refractivity contribution in [2.75, 3.05) is 11.9 Å². The normalized spacial score (nSPS) is 12.2. The molecule has 2 rings (SSSR count). The number of ether oxygens (including phenoxy) is 1. The molecule has 1 N–H and O–H groups in total. The molecule has 0 aromatic heterocycles. The van der Waals surface area contributed by atoms with Crippen LogP contribution < -0.4 is 5.32 Å². The van der Waals surface area contributed by atoms with Gasteiger partial charge in [0.1, 0.15) is 0 Å². The Labute approximate surface area is 127 Å². The fourth-order valence-corrected chi connectivity index (χ4v) is 2.65. The van der Waals surface area contributed by atoms with Crippen LogP contribution in [0.25, 0.3) is 10.8 Å². The van der Waals surface area contributed by atoms with Crippen LogP contribution >= 0.6 is 15.9 Å². The molecule has 2 aromatic rings. The van der Waals surface area contributed by atoms with Gasteiger partial charge in [0.2, 0.25) is 0 Å². The second-order valence-corrected chi connectivity index (χ2v) is 5.55. The van der Waals surface area contributed by atoms with Gasteiger partial charge >= 0.3 is 5.97 Å². The Morgan fingerprint density at radius 3 is 2.65 bits per heavy atom. The quantitative estimate of drug-likeness (QED) is 0.825. The van der Waals surface area contributed by atoms with Crippen molar-refractivity contribution >= 4 is 38.4 Å². The molecule has 0 amide bonds. The van der Waals surface area contributed by atoms with Crippen molar-refractivity contribution in [3.63, 3.8) is 0 Å². The van der Waals surface area contributed by atoms with Gasteiger partial charge in [-0.05, 0) is 31.4 Å². The molecule has 0 bridgehead atoms. The molecule has 1 unspecified atom stereocenters. The lowest BCUT2D eigenvalue weighted by atomic mass is 10.1. The third-order valence-electron chi connectivity index (χ3n) is 3.05. The topological polar surface area (TPSA) is 38.3 Å². The highest BCUT2D eigenvalue weighted by Gasteiger charge is 2.11. The van der Waals surface area contributed by atoms with Gasteiger partial charge in [-0.25, -0.2) is 0 Å². The lowest BCUT2D eigenvalue weighted by molar-refractivity contribution is -0.143. The zero-order valence-corrected chi connectivity index (χ0v) is 13.2. The van der Waals surface area contributed by atoms with E-state index < -0.39 is 0 Å². The van der Waals surface area contributed by atoms with Crippen LogP contribution in [-0.4, -0.2) is 18.6 Å². The summed E-state index contributed by atoms with van der Waals surface area (Å²) in [6.07, 6.45) is 0.359. The number of rotatable bonds is 5. The van der Waals surface area contributed by atoms with Crippen molar-refractivity contribution in [2.45, 2.75) is 26.3 Å². The van der Waals surface area contributed by atoms with Gasteiger partial charge in [-0.1, -0.05) is 40.2 Å². The van der Waals surface area contributed by atoms with Gasteiger partial charge in [0.25, 0.3) is 0 Å². The average molecular weight is 336 g/mol.